The van der Waals surface area contributed by atoms with Crippen molar-refractivity contribution < 1.29 is 13.3 Å². The van der Waals surface area contributed by atoms with Crippen LogP contribution in [0.2, 0.25) is 0 Å². The third kappa shape index (κ3) is 4.38. The van der Waals surface area contributed by atoms with Crippen molar-refractivity contribution >= 4 is 10.0 Å². The van der Waals surface area contributed by atoms with E-state index in [2.05, 4.69) is 38.1 Å². The van der Waals surface area contributed by atoms with E-state index in [4.69, 9.17) is 0 Å². The molecular weight excluding hydrogens is 358 g/mol. The predicted octanol–water partition coefficient (Wildman–Crippen LogP) is 1.77. The molecule has 142 valence electrons. The molecule has 1 aliphatic heterocycles. The summed E-state index contributed by atoms with van der Waals surface area (Å²) in [6.07, 6.45) is 0. The summed E-state index contributed by atoms with van der Waals surface area (Å²) >= 11 is 0. The minimum absolute atomic E-state index is 0.111. The van der Waals surface area contributed by atoms with Crippen molar-refractivity contribution in [2.45, 2.75) is 31.2 Å². The Kier molecular flexibility index (Phi) is 5.95. The molecule has 2 aromatic rings. The van der Waals surface area contributed by atoms with E-state index in [1.165, 1.54) is 26.4 Å². The van der Waals surface area contributed by atoms with Gasteiger partial charge in [-0.25, -0.2) is 8.42 Å². The lowest BCUT2D eigenvalue weighted by molar-refractivity contribution is -0.917. The number of nitrogens with zero attached hydrogens (tertiary/aromatic N) is 2. The zero-order chi connectivity index (χ0) is 19.4. The molecule has 3 rings (SSSR count). The molecule has 0 aromatic heterocycles. The molecule has 6 heteroatoms. The van der Waals surface area contributed by atoms with Gasteiger partial charge in [0.1, 0.15) is 12.6 Å². The van der Waals surface area contributed by atoms with Crippen LogP contribution in [0.15, 0.2) is 53.4 Å². The summed E-state index contributed by atoms with van der Waals surface area (Å²) in [7, 11) is -3.62. The van der Waals surface area contributed by atoms with Crippen molar-refractivity contribution in [2.75, 3.05) is 26.2 Å². The van der Waals surface area contributed by atoms with Crippen molar-refractivity contribution in [2.24, 2.45) is 0 Å². The molecule has 0 spiro atoms. The van der Waals surface area contributed by atoms with Crippen molar-refractivity contribution in [1.29, 1.82) is 5.26 Å². The Labute approximate surface area is 161 Å². The van der Waals surface area contributed by atoms with E-state index >= 15 is 0 Å². The molecule has 0 bridgehead atoms. The predicted molar refractivity (Wildman–Crippen MR) is 105 cm³/mol. The highest BCUT2D eigenvalue weighted by atomic mass is 32.2. The van der Waals surface area contributed by atoms with Crippen LogP contribution in [-0.2, 0) is 16.6 Å². The van der Waals surface area contributed by atoms with Crippen LogP contribution in [0.25, 0.3) is 0 Å². The number of nitrogens with one attached hydrogen (secondary N) is 1. The molecule has 1 heterocycles. The lowest BCUT2D eigenvalue weighted by atomic mass is 10.0. The Morgan fingerprint density at radius 1 is 1.07 bits per heavy atom. The molecule has 2 aromatic carbocycles. The molecule has 1 N–H and O–H groups in total. The smallest absolute Gasteiger partial charge is 0.244 e. The molecule has 0 amide bonds. The van der Waals surface area contributed by atoms with E-state index in [1.807, 2.05) is 6.07 Å². The first-order valence-corrected chi connectivity index (χ1v) is 10.8. The Morgan fingerprint density at radius 2 is 1.70 bits per heavy atom. The minimum atomic E-state index is -3.62. The van der Waals surface area contributed by atoms with E-state index < -0.39 is 10.0 Å². The van der Waals surface area contributed by atoms with Crippen LogP contribution < -0.4 is 4.90 Å². The first-order chi connectivity index (χ1) is 12.9. The molecule has 0 radical (unpaired) electrons. The zero-order valence-corrected chi connectivity index (χ0v) is 16.7. The van der Waals surface area contributed by atoms with Crippen LogP contribution in [0.5, 0.6) is 0 Å². The Hall–Kier alpha value is -2.20. The van der Waals surface area contributed by atoms with E-state index in [0.717, 1.165) is 19.6 Å². The fourth-order valence-corrected chi connectivity index (χ4v) is 5.04. The Bertz CT molecular complexity index is 923. The lowest BCUT2D eigenvalue weighted by Crippen LogP contribution is -3.13. The number of hydrogen-bond donors (Lipinski definition) is 1. The molecule has 1 aliphatic rings. The second kappa shape index (κ2) is 8.22. The number of quaternary nitrogens is 1. The molecule has 1 fully saturated rings. The average Bonchev–Trinajstić information content (AvgIpc) is 2.69. The van der Waals surface area contributed by atoms with Gasteiger partial charge in [-0.3, -0.25) is 0 Å². The molecule has 0 saturated carbocycles. The summed E-state index contributed by atoms with van der Waals surface area (Å²) in [6, 6.07) is 17.1. The van der Waals surface area contributed by atoms with Gasteiger partial charge in [0.2, 0.25) is 10.0 Å². The molecule has 0 unspecified atom stereocenters. The molecule has 5 nitrogen and oxygen atoms in total. The lowest BCUT2D eigenvalue weighted by Gasteiger charge is -2.31. The van der Waals surface area contributed by atoms with E-state index in [1.54, 1.807) is 18.2 Å². The standard InChI is InChI=1S/C21H25N3O2S/c1-17(2)19-9-7-18(8-10-19)16-23-11-13-24(14-12-23)27(25,26)21-6-4-3-5-20(21)15-22/h3-10,17H,11-14,16H2,1-2H3/p+1. The highest BCUT2D eigenvalue weighted by molar-refractivity contribution is 7.89. The molecule has 0 aliphatic carbocycles. The van der Waals surface area contributed by atoms with E-state index in [-0.39, 0.29) is 10.5 Å². The van der Waals surface area contributed by atoms with Gasteiger partial charge in [0.15, 0.2) is 0 Å². The topological polar surface area (TPSA) is 65.6 Å². The third-order valence-corrected chi connectivity index (χ3v) is 7.11. The summed E-state index contributed by atoms with van der Waals surface area (Å²) in [5.41, 5.74) is 2.82. The van der Waals surface area contributed by atoms with Crippen LogP contribution in [0.4, 0.5) is 0 Å². The van der Waals surface area contributed by atoms with Crippen molar-refractivity contribution in [3.05, 3.63) is 65.2 Å². The molecule has 1 saturated heterocycles. The quantitative estimate of drug-likeness (QED) is 0.854. The average molecular weight is 385 g/mol. The maximum Gasteiger partial charge on any atom is 0.244 e. The largest absolute Gasteiger partial charge is 0.329 e. The first kappa shape index (κ1) is 19.6. The molecule has 27 heavy (non-hydrogen) atoms. The maximum atomic E-state index is 12.9. The number of nitriles is 1. The SMILES string of the molecule is CC(C)c1ccc(C[NH+]2CCN(S(=O)(=O)c3ccccc3C#N)CC2)cc1. The normalized spacial score (nSPS) is 16.4. The van der Waals surface area contributed by atoms with Crippen LogP contribution in [-0.4, -0.2) is 38.9 Å². The summed E-state index contributed by atoms with van der Waals surface area (Å²) in [4.78, 5) is 1.49. The van der Waals surface area contributed by atoms with Crippen molar-refractivity contribution in [3.63, 3.8) is 0 Å². The number of sulfonamides is 1. The van der Waals surface area contributed by atoms with Gasteiger partial charge in [-0.2, -0.15) is 9.57 Å². The van der Waals surface area contributed by atoms with Gasteiger partial charge in [0.25, 0.3) is 0 Å². The second-order valence-corrected chi connectivity index (χ2v) is 9.24. The van der Waals surface area contributed by atoms with Gasteiger partial charge in [-0.1, -0.05) is 50.2 Å². The van der Waals surface area contributed by atoms with Crippen LogP contribution in [0, 0.1) is 11.3 Å². The maximum absolute atomic E-state index is 12.9. The van der Waals surface area contributed by atoms with Gasteiger partial charge in [0.05, 0.1) is 36.6 Å². The summed E-state index contributed by atoms with van der Waals surface area (Å²) in [5, 5.41) is 9.20. The van der Waals surface area contributed by atoms with Gasteiger partial charge in [-0.05, 0) is 23.6 Å². The van der Waals surface area contributed by atoms with Gasteiger partial charge in [0, 0.05) is 5.56 Å². The number of piperazine rings is 1. The first-order valence-electron chi connectivity index (χ1n) is 9.33. The van der Waals surface area contributed by atoms with Crippen molar-refractivity contribution in [1.82, 2.24) is 4.31 Å². The summed E-state index contributed by atoms with van der Waals surface area (Å²) < 4.78 is 27.3. The number of rotatable bonds is 5. The monoisotopic (exact) mass is 384 g/mol. The fraction of sp³-hybridized carbons (Fsp3) is 0.381. The molecule has 0 atom stereocenters. The minimum Gasteiger partial charge on any atom is -0.329 e. The van der Waals surface area contributed by atoms with Crippen LogP contribution in [0.1, 0.15) is 36.5 Å². The van der Waals surface area contributed by atoms with E-state index in [0.29, 0.717) is 19.0 Å². The highest BCUT2D eigenvalue weighted by Gasteiger charge is 2.31. The second-order valence-electron chi connectivity index (χ2n) is 7.34. The Balaban J connectivity index is 1.64. The highest BCUT2D eigenvalue weighted by Crippen LogP contribution is 2.19. The fourth-order valence-electron chi connectivity index (χ4n) is 3.45. The number of hydrogen-bond acceptors (Lipinski definition) is 3. The molecular formula is C21H26N3O2S+. The van der Waals surface area contributed by atoms with Crippen molar-refractivity contribution in [3.8, 4) is 6.07 Å². The van der Waals surface area contributed by atoms with Gasteiger partial charge in [-0.15, -0.1) is 0 Å². The summed E-state index contributed by atoms with van der Waals surface area (Å²) in [6.45, 7) is 7.75. The third-order valence-electron chi connectivity index (χ3n) is 5.16. The van der Waals surface area contributed by atoms with Crippen LogP contribution >= 0.6 is 0 Å². The van der Waals surface area contributed by atoms with Gasteiger partial charge < -0.3 is 4.90 Å². The summed E-state index contributed by atoms with van der Waals surface area (Å²) in [5.74, 6) is 0.524. The number of benzene rings is 2. The van der Waals surface area contributed by atoms with Gasteiger partial charge >= 0.3 is 0 Å². The zero-order valence-electron chi connectivity index (χ0n) is 15.9. The Morgan fingerprint density at radius 3 is 2.30 bits per heavy atom. The van der Waals surface area contributed by atoms with Crippen LogP contribution in [0.3, 0.4) is 0 Å². The van der Waals surface area contributed by atoms with E-state index in [9.17, 15) is 13.7 Å².